The van der Waals surface area contributed by atoms with Crippen LogP contribution in [-0.4, -0.2) is 44.7 Å². The van der Waals surface area contributed by atoms with Crippen LogP contribution < -0.4 is 15.4 Å². The Balaban J connectivity index is 1.54. The second-order valence-corrected chi connectivity index (χ2v) is 10.5. The number of aromatic hydroxyl groups is 1. The number of nitrogens with one attached hydrogen (secondary N) is 2. The van der Waals surface area contributed by atoms with Gasteiger partial charge in [0.1, 0.15) is 11.5 Å². The van der Waals surface area contributed by atoms with Crippen molar-refractivity contribution in [3.63, 3.8) is 0 Å². The summed E-state index contributed by atoms with van der Waals surface area (Å²) in [5.74, 6) is 0.367. The number of ether oxygens (including phenoxy) is 1. The number of aryl methyl sites for hydroxylation is 1. The predicted molar refractivity (Wildman–Crippen MR) is 149 cm³/mol. The van der Waals surface area contributed by atoms with Crippen molar-refractivity contribution in [2.75, 3.05) is 18.2 Å². The first-order valence-electron chi connectivity index (χ1n) is 10.8. The molecule has 3 aromatic carbocycles. The molecule has 0 spiro atoms. The second kappa shape index (κ2) is 11.8. The fourth-order valence-electron chi connectivity index (χ4n) is 3.36. The molecule has 0 unspecified atom stereocenters. The Morgan fingerprint density at radius 3 is 2.57 bits per heavy atom. The predicted octanol–water partition coefficient (Wildman–Crippen LogP) is 5.92. The van der Waals surface area contributed by atoms with E-state index in [1.165, 1.54) is 7.11 Å². The lowest BCUT2D eigenvalue weighted by atomic mass is 10.1. The number of halogens is 2. The number of methoxy groups -OCH3 is 1. The quantitative estimate of drug-likeness (QED) is 0.213. The van der Waals surface area contributed by atoms with Crippen LogP contribution in [0, 0.1) is 6.92 Å². The van der Waals surface area contributed by atoms with Gasteiger partial charge in [0, 0.05) is 21.9 Å². The van der Waals surface area contributed by atoms with Crippen molar-refractivity contribution < 1.29 is 19.4 Å². The van der Waals surface area contributed by atoms with Gasteiger partial charge in [-0.05, 0) is 59.3 Å². The summed E-state index contributed by atoms with van der Waals surface area (Å²) < 4.78 is 8.12. The van der Waals surface area contributed by atoms with E-state index in [9.17, 15) is 14.7 Å². The van der Waals surface area contributed by atoms with Crippen LogP contribution in [0.1, 0.15) is 5.56 Å². The highest BCUT2D eigenvalue weighted by atomic mass is 79.9. The van der Waals surface area contributed by atoms with E-state index in [1.807, 2.05) is 31.2 Å². The summed E-state index contributed by atoms with van der Waals surface area (Å²) in [5, 5.41) is 24.6. The highest BCUT2D eigenvalue weighted by Gasteiger charge is 2.21. The minimum Gasteiger partial charge on any atom is -0.506 e. The van der Waals surface area contributed by atoms with Gasteiger partial charge in [0.05, 0.1) is 22.9 Å². The largest absolute Gasteiger partial charge is 0.506 e. The maximum Gasteiger partial charge on any atom is 0.325 e. The summed E-state index contributed by atoms with van der Waals surface area (Å²) in [6.07, 6.45) is 0. The number of urea groups is 1. The van der Waals surface area contributed by atoms with Crippen LogP contribution in [0.2, 0.25) is 0 Å². The fraction of sp³-hybridized carbons (Fsp3) is 0.120. The van der Waals surface area contributed by atoms with Crippen molar-refractivity contribution in [3.05, 3.63) is 75.2 Å². The van der Waals surface area contributed by atoms with Crippen LogP contribution in [-0.2, 0) is 4.79 Å². The minimum atomic E-state index is -0.663. The van der Waals surface area contributed by atoms with Gasteiger partial charge in [-0.25, -0.2) is 4.79 Å². The Kier molecular flexibility index (Phi) is 8.52. The summed E-state index contributed by atoms with van der Waals surface area (Å²) in [6, 6.07) is 17.3. The Hall–Kier alpha value is -3.35. The van der Waals surface area contributed by atoms with Gasteiger partial charge in [0.15, 0.2) is 11.0 Å². The number of thioether (sulfide) groups is 1. The number of phenolic OH excluding ortho intramolecular Hbond substituents is 1. The molecule has 0 aliphatic heterocycles. The summed E-state index contributed by atoms with van der Waals surface area (Å²) in [7, 11) is 1.53. The molecule has 0 atom stereocenters. The van der Waals surface area contributed by atoms with Crippen molar-refractivity contribution in [1.82, 2.24) is 20.1 Å². The van der Waals surface area contributed by atoms with E-state index in [2.05, 4.69) is 52.7 Å². The first-order chi connectivity index (χ1) is 17.7. The molecule has 0 saturated heterocycles. The van der Waals surface area contributed by atoms with Crippen LogP contribution >= 0.6 is 43.6 Å². The Bertz CT molecular complexity index is 1460. The molecule has 190 valence electrons. The number of hydrogen-bond acceptors (Lipinski definition) is 7. The molecular formula is C25H21Br2N5O4S. The smallest absolute Gasteiger partial charge is 0.325 e. The maximum absolute atomic E-state index is 12.5. The molecule has 1 heterocycles. The Morgan fingerprint density at radius 2 is 1.84 bits per heavy atom. The van der Waals surface area contributed by atoms with E-state index < -0.39 is 11.9 Å². The highest BCUT2D eigenvalue weighted by molar-refractivity contribution is 9.11. The molecule has 12 heteroatoms. The van der Waals surface area contributed by atoms with E-state index in [0.717, 1.165) is 27.5 Å². The minimum absolute atomic E-state index is 0.00692. The third-order valence-corrected chi connectivity index (χ3v) is 7.10. The molecule has 4 rings (SSSR count). The van der Waals surface area contributed by atoms with Crippen molar-refractivity contribution in [2.24, 2.45) is 0 Å². The number of nitrogens with zero attached hydrogens (tertiary/aromatic N) is 3. The molecule has 3 N–H and O–H groups in total. The zero-order valence-corrected chi connectivity index (χ0v) is 23.6. The van der Waals surface area contributed by atoms with E-state index in [0.29, 0.717) is 32.5 Å². The van der Waals surface area contributed by atoms with Crippen molar-refractivity contribution in [3.8, 4) is 28.6 Å². The van der Waals surface area contributed by atoms with Crippen LogP contribution in [0.15, 0.2) is 74.8 Å². The summed E-state index contributed by atoms with van der Waals surface area (Å²) in [6.45, 7) is 1.98. The monoisotopic (exact) mass is 645 g/mol. The molecule has 0 saturated carbocycles. The van der Waals surface area contributed by atoms with E-state index in [4.69, 9.17) is 4.74 Å². The molecule has 0 radical (unpaired) electrons. The molecule has 0 bridgehead atoms. The number of phenols is 1. The number of carbonyl (C=O) groups excluding carboxylic acids is 2. The third-order valence-electron chi connectivity index (χ3n) is 5.11. The standard InChI is InChI=1S/C25H21Br2N5O4S/c1-14-6-8-17(9-7-14)32-23(19-10-15(26)11-20(27)22(19)34)30-31-25(32)37-13-21(33)29-24(35)28-16-4-3-5-18(12-16)36-2/h3-12,34H,13H2,1-2H3,(H2,28,29,33,35). The van der Waals surface area contributed by atoms with E-state index in [1.54, 1.807) is 41.0 Å². The number of imide groups is 1. The topological polar surface area (TPSA) is 118 Å². The molecule has 0 aliphatic carbocycles. The Morgan fingerprint density at radius 1 is 1.08 bits per heavy atom. The summed E-state index contributed by atoms with van der Waals surface area (Å²) in [4.78, 5) is 24.8. The van der Waals surface area contributed by atoms with Gasteiger partial charge in [-0.15, -0.1) is 10.2 Å². The van der Waals surface area contributed by atoms with Gasteiger partial charge in [-0.3, -0.25) is 14.7 Å². The lowest BCUT2D eigenvalue weighted by Crippen LogP contribution is -2.35. The normalized spacial score (nSPS) is 10.7. The third kappa shape index (κ3) is 6.51. The lowest BCUT2D eigenvalue weighted by molar-refractivity contribution is -0.117. The molecule has 0 aliphatic rings. The number of benzene rings is 3. The number of rotatable bonds is 7. The molecule has 0 fully saturated rings. The zero-order valence-electron chi connectivity index (χ0n) is 19.7. The van der Waals surface area contributed by atoms with Crippen molar-refractivity contribution in [1.29, 1.82) is 0 Å². The van der Waals surface area contributed by atoms with Crippen molar-refractivity contribution in [2.45, 2.75) is 12.1 Å². The number of aromatic nitrogens is 3. The SMILES string of the molecule is COc1cccc(NC(=O)NC(=O)CSc2nnc(-c3cc(Br)cc(Br)c3O)n2-c2ccc(C)cc2)c1. The van der Waals surface area contributed by atoms with Gasteiger partial charge in [-0.1, -0.05) is 51.5 Å². The van der Waals surface area contributed by atoms with E-state index >= 15 is 0 Å². The van der Waals surface area contributed by atoms with Crippen LogP contribution in [0.5, 0.6) is 11.5 Å². The van der Waals surface area contributed by atoms with Gasteiger partial charge >= 0.3 is 6.03 Å². The average molecular weight is 647 g/mol. The van der Waals surface area contributed by atoms with Crippen molar-refractivity contribution >= 4 is 61.2 Å². The maximum atomic E-state index is 12.5. The first-order valence-corrected chi connectivity index (χ1v) is 13.4. The molecule has 37 heavy (non-hydrogen) atoms. The number of carbonyl (C=O) groups is 2. The summed E-state index contributed by atoms with van der Waals surface area (Å²) in [5.41, 5.74) is 2.76. The molecule has 9 nitrogen and oxygen atoms in total. The highest BCUT2D eigenvalue weighted by Crippen LogP contribution is 2.39. The molecule has 3 amide bonds. The molecule has 4 aromatic rings. The average Bonchev–Trinajstić information content (AvgIpc) is 3.29. The Labute approximate surface area is 233 Å². The first kappa shape index (κ1) is 26.7. The van der Waals surface area contributed by atoms with Crippen LogP contribution in [0.4, 0.5) is 10.5 Å². The molecular weight excluding hydrogens is 626 g/mol. The van der Waals surface area contributed by atoms with E-state index in [-0.39, 0.29) is 11.5 Å². The number of amides is 3. The second-order valence-electron chi connectivity index (χ2n) is 7.78. The zero-order chi connectivity index (χ0) is 26.5. The van der Waals surface area contributed by atoms with Gasteiger partial charge in [-0.2, -0.15) is 0 Å². The summed E-state index contributed by atoms with van der Waals surface area (Å²) >= 11 is 7.91. The molecule has 1 aromatic heterocycles. The number of hydrogen-bond donors (Lipinski definition) is 3. The van der Waals surface area contributed by atoms with Gasteiger partial charge in [0.2, 0.25) is 5.91 Å². The van der Waals surface area contributed by atoms with Gasteiger partial charge < -0.3 is 15.2 Å². The van der Waals surface area contributed by atoms with Gasteiger partial charge in [0.25, 0.3) is 0 Å². The van der Waals surface area contributed by atoms with Crippen LogP contribution in [0.3, 0.4) is 0 Å². The lowest BCUT2D eigenvalue weighted by Gasteiger charge is -2.13. The van der Waals surface area contributed by atoms with Crippen LogP contribution in [0.25, 0.3) is 17.1 Å². The fourth-order valence-corrected chi connectivity index (χ4v) is 5.33. The number of anilines is 1.